The molecule has 1 N–H and O–H groups in total. The van der Waals surface area contributed by atoms with Crippen molar-refractivity contribution in [2.45, 2.75) is 39.0 Å². The molecule has 0 aliphatic rings. The lowest BCUT2D eigenvalue weighted by atomic mass is 10.1. The van der Waals surface area contributed by atoms with E-state index in [1.165, 1.54) is 6.92 Å². The van der Waals surface area contributed by atoms with Gasteiger partial charge in [0.2, 0.25) is 5.91 Å². The molecule has 2 rings (SSSR count). The maximum atomic E-state index is 12.3. The maximum Gasteiger partial charge on any atom is 0.328 e. The topological polar surface area (TPSA) is 81.7 Å². The molecule has 0 aliphatic heterocycles. The second kappa shape index (κ2) is 10.8. The molecule has 0 fully saturated rings. The van der Waals surface area contributed by atoms with Gasteiger partial charge in [-0.25, -0.2) is 4.79 Å². The van der Waals surface area contributed by atoms with Gasteiger partial charge in [0.25, 0.3) is 0 Å². The number of benzene rings is 2. The van der Waals surface area contributed by atoms with Crippen molar-refractivity contribution < 1.29 is 23.9 Å². The van der Waals surface area contributed by atoms with Gasteiger partial charge in [0, 0.05) is 13.3 Å². The van der Waals surface area contributed by atoms with Crippen LogP contribution in [0, 0.1) is 0 Å². The first kappa shape index (κ1) is 20.2. The van der Waals surface area contributed by atoms with Gasteiger partial charge in [-0.2, -0.15) is 0 Å². The average Bonchev–Trinajstić information content (AvgIpc) is 2.69. The zero-order chi connectivity index (χ0) is 19.5. The molecule has 2 aromatic carbocycles. The monoisotopic (exact) mass is 369 g/mol. The number of esters is 2. The van der Waals surface area contributed by atoms with Gasteiger partial charge in [-0.1, -0.05) is 60.7 Å². The van der Waals surface area contributed by atoms with E-state index in [0.717, 1.165) is 11.1 Å². The van der Waals surface area contributed by atoms with Crippen LogP contribution in [0.5, 0.6) is 0 Å². The Labute approximate surface area is 158 Å². The van der Waals surface area contributed by atoms with E-state index in [-0.39, 0.29) is 32.0 Å². The van der Waals surface area contributed by atoms with Crippen molar-refractivity contribution in [3.05, 3.63) is 71.8 Å². The minimum atomic E-state index is -0.893. The van der Waals surface area contributed by atoms with E-state index in [1.807, 2.05) is 60.7 Å². The Morgan fingerprint density at radius 2 is 1.37 bits per heavy atom. The quantitative estimate of drug-likeness (QED) is 0.688. The Morgan fingerprint density at radius 3 is 1.89 bits per heavy atom. The lowest BCUT2D eigenvalue weighted by Gasteiger charge is -2.16. The van der Waals surface area contributed by atoms with Gasteiger partial charge in [-0.15, -0.1) is 0 Å². The molecular formula is C21H23NO5. The molecular weight excluding hydrogens is 346 g/mol. The molecule has 0 bridgehead atoms. The molecule has 0 saturated carbocycles. The molecule has 2 aromatic rings. The van der Waals surface area contributed by atoms with E-state index >= 15 is 0 Å². The summed E-state index contributed by atoms with van der Waals surface area (Å²) in [5.41, 5.74) is 1.72. The second-order valence-electron chi connectivity index (χ2n) is 6.03. The van der Waals surface area contributed by atoms with E-state index in [9.17, 15) is 14.4 Å². The van der Waals surface area contributed by atoms with Crippen LogP contribution in [0.3, 0.4) is 0 Å². The Balaban J connectivity index is 1.81. The molecule has 27 heavy (non-hydrogen) atoms. The van der Waals surface area contributed by atoms with E-state index in [4.69, 9.17) is 9.47 Å². The molecule has 0 saturated heterocycles. The normalized spacial score (nSPS) is 11.3. The highest BCUT2D eigenvalue weighted by Gasteiger charge is 2.22. The Bertz CT molecular complexity index is 746. The summed E-state index contributed by atoms with van der Waals surface area (Å²) in [5.74, 6) is -1.38. The van der Waals surface area contributed by atoms with Crippen LogP contribution >= 0.6 is 0 Å². The third kappa shape index (κ3) is 7.73. The fourth-order valence-corrected chi connectivity index (χ4v) is 2.40. The number of carbonyl (C=O) groups excluding carboxylic acids is 3. The molecule has 1 atom stereocenters. The van der Waals surface area contributed by atoms with Crippen LogP contribution in [0.2, 0.25) is 0 Å². The van der Waals surface area contributed by atoms with Gasteiger partial charge in [0.1, 0.15) is 19.3 Å². The number of amides is 1. The molecule has 0 spiro atoms. The van der Waals surface area contributed by atoms with E-state index in [1.54, 1.807) is 0 Å². The average molecular weight is 369 g/mol. The minimum Gasteiger partial charge on any atom is -0.461 e. The molecule has 0 unspecified atom stereocenters. The van der Waals surface area contributed by atoms with E-state index < -0.39 is 18.0 Å². The fourth-order valence-electron chi connectivity index (χ4n) is 2.40. The second-order valence-corrected chi connectivity index (χ2v) is 6.03. The molecule has 142 valence electrons. The van der Waals surface area contributed by atoms with Crippen LogP contribution < -0.4 is 5.32 Å². The Morgan fingerprint density at radius 1 is 0.852 bits per heavy atom. The molecule has 0 radical (unpaired) electrons. The van der Waals surface area contributed by atoms with Gasteiger partial charge < -0.3 is 14.8 Å². The van der Waals surface area contributed by atoms with Crippen LogP contribution in [-0.4, -0.2) is 23.9 Å². The number of nitrogens with one attached hydrogen (secondary N) is 1. The smallest absolute Gasteiger partial charge is 0.328 e. The van der Waals surface area contributed by atoms with Crippen LogP contribution in [0.4, 0.5) is 0 Å². The summed E-state index contributed by atoms with van der Waals surface area (Å²) >= 11 is 0. The predicted octanol–water partition coefficient (Wildman–Crippen LogP) is 2.76. The summed E-state index contributed by atoms with van der Waals surface area (Å²) < 4.78 is 10.4. The molecule has 0 aliphatic carbocycles. The largest absolute Gasteiger partial charge is 0.461 e. The summed E-state index contributed by atoms with van der Waals surface area (Å²) in [6.07, 6.45) is 0.110. The lowest BCUT2D eigenvalue weighted by molar-refractivity contribution is -0.150. The molecule has 0 heterocycles. The van der Waals surface area contributed by atoms with Crippen molar-refractivity contribution in [1.82, 2.24) is 5.32 Å². The van der Waals surface area contributed by atoms with Gasteiger partial charge >= 0.3 is 11.9 Å². The molecule has 1 amide bonds. The van der Waals surface area contributed by atoms with E-state index in [0.29, 0.717) is 0 Å². The van der Waals surface area contributed by atoms with Crippen molar-refractivity contribution in [2.24, 2.45) is 0 Å². The van der Waals surface area contributed by atoms with Gasteiger partial charge in [0.15, 0.2) is 0 Å². The fraction of sp³-hybridized carbons (Fsp3) is 0.286. The summed E-state index contributed by atoms with van der Waals surface area (Å²) in [7, 11) is 0. The van der Waals surface area contributed by atoms with Crippen LogP contribution in [0.1, 0.15) is 30.9 Å². The highest BCUT2D eigenvalue weighted by atomic mass is 16.5. The Hall–Kier alpha value is -3.15. The summed E-state index contributed by atoms with van der Waals surface area (Å²) in [5, 5.41) is 2.52. The van der Waals surface area contributed by atoms with Gasteiger partial charge in [-0.3, -0.25) is 9.59 Å². The van der Waals surface area contributed by atoms with Crippen molar-refractivity contribution in [3.8, 4) is 0 Å². The van der Waals surface area contributed by atoms with Crippen molar-refractivity contribution >= 4 is 17.8 Å². The van der Waals surface area contributed by atoms with Crippen LogP contribution in [-0.2, 0) is 37.1 Å². The Kier molecular flexibility index (Phi) is 8.03. The number of carbonyl (C=O) groups is 3. The first-order chi connectivity index (χ1) is 13.0. The standard InChI is InChI=1S/C21H23NO5/c1-16(23)22-19(21(25)27-15-18-10-6-3-7-11-18)12-13-20(24)26-14-17-8-4-2-5-9-17/h2-11,19H,12-15H2,1H3,(H,22,23)/t19-/m1/s1. The highest BCUT2D eigenvalue weighted by Crippen LogP contribution is 2.08. The molecule has 6 nitrogen and oxygen atoms in total. The third-order valence-electron chi connectivity index (χ3n) is 3.77. The SMILES string of the molecule is CC(=O)N[C@H](CCC(=O)OCc1ccccc1)C(=O)OCc1ccccc1. The van der Waals surface area contributed by atoms with Crippen molar-refractivity contribution in [3.63, 3.8) is 0 Å². The number of ether oxygens (including phenoxy) is 2. The van der Waals surface area contributed by atoms with Crippen LogP contribution in [0.15, 0.2) is 60.7 Å². The van der Waals surface area contributed by atoms with Crippen molar-refractivity contribution in [2.75, 3.05) is 0 Å². The maximum absolute atomic E-state index is 12.3. The zero-order valence-corrected chi connectivity index (χ0v) is 15.2. The summed E-state index contributed by atoms with van der Waals surface area (Å²) in [6.45, 7) is 1.59. The highest BCUT2D eigenvalue weighted by molar-refractivity contribution is 5.83. The van der Waals surface area contributed by atoms with Crippen LogP contribution in [0.25, 0.3) is 0 Å². The predicted molar refractivity (Wildman–Crippen MR) is 99.3 cm³/mol. The number of hydrogen-bond acceptors (Lipinski definition) is 5. The zero-order valence-electron chi connectivity index (χ0n) is 15.2. The number of hydrogen-bond donors (Lipinski definition) is 1. The summed E-state index contributed by atoms with van der Waals surface area (Å²) in [6, 6.07) is 17.6. The third-order valence-corrected chi connectivity index (χ3v) is 3.77. The molecule has 6 heteroatoms. The summed E-state index contributed by atoms with van der Waals surface area (Å²) in [4.78, 5) is 35.5. The first-order valence-electron chi connectivity index (χ1n) is 8.72. The minimum absolute atomic E-state index is 0.00177. The van der Waals surface area contributed by atoms with Crippen molar-refractivity contribution in [1.29, 1.82) is 0 Å². The lowest BCUT2D eigenvalue weighted by Crippen LogP contribution is -2.41. The number of rotatable bonds is 9. The van der Waals surface area contributed by atoms with Gasteiger partial charge in [0.05, 0.1) is 0 Å². The first-order valence-corrected chi connectivity index (χ1v) is 8.72. The molecule has 0 aromatic heterocycles. The van der Waals surface area contributed by atoms with Gasteiger partial charge in [-0.05, 0) is 17.5 Å². The van der Waals surface area contributed by atoms with E-state index in [2.05, 4.69) is 5.32 Å².